The van der Waals surface area contributed by atoms with E-state index < -0.39 is 26.1 Å². The second-order valence-electron chi connectivity index (χ2n) is 6.77. The van der Waals surface area contributed by atoms with E-state index in [0.717, 1.165) is 4.41 Å². The second-order valence-corrected chi connectivity index (χ2v) is 10.2. The summed E-state index contributed by atoms with van der Waals surface area (Å²) in [6.07, 6.45) is 0. The zero-order valence-electron chi connectivity index (χ0n) is 17.0. The molecule has 10 nitrogen and oxygen atoms in total. The Morgan fingerprint density at radius 3 is 2.18 bits per heavy atom. The number of carbonyl (C=O) groups is 1. The SMILES string of the molecule is N#Cc1cccc(NC(=O)NN(Cc2ccc(S(N)(=O)=O)cc2)S(=O)(=O)c2ccccc2)c1. The van der Waals surface area contributed by atoms with Gasteiger partial charge in [-0.25, -0.2) is 26.8 Å². The molecule has 0 fully saturated rings. The molecule has 3 aromatic rings. The maximum atomic E-state index is 13.2. The first kappa shape index (κ1) is 23.9. The molecule has 0 heterocycles. The summed E-state index contributed by atoms with van der Waals surface area (Å²) >= 11 is 0. The number of hydrogen-bond donors (Lipinski definition) is 3. The Morgan fingerprint density at radius 1 is 0.909 bits per heavy atom. The van der Waals surface area contributed by atoms with Gasteiger partial charge in [-0.3, -0.25) is 5.43 Å². The normalized spacial score (nSPS) is 11.5. The van der Waals surface area contributed by atoms with Gasteiger partial charge in [-0.05, 0) is 48.0 Å². The van der Waals surface area contributed by atoms with Crippen LogP contribution in [0.1, 0.15) is 11.1 Å². The molecule has 33 heavy (non-hydrogen) atoms. The predicted molar refractivity (Wildman–Crippen MR) is 120 cm³/mol. The lowest BCUT2D eigenvalue weighted by Crippen LogP contribution is -2.47. The molecule has 0 aliphatic heterocycles. The van der Waals surface area contributed by atoms with E-state index in [1.54, 1.807) is 36.4 Å². The van der Waals surface area contributed by atoms with E-state index in [1.807, 2.05) is 6.07 Å². The fraction of sp³-hybridized carbons (Fsp3) is 0.0476. The number of nitriles is 1. The molecule has 0 atom stereocenters. The van der Waals surface area contributed by atoms with Crippen molar-refractivity contribution in [2.45, 2.75) is 16.3 Å². The molecular weight excluding hydrogens is 466 g/mol. The van der Waals surface area contributed by atoms with Gasteiger partial charge in [0, 0.05) is 5.69 Å². The molecule has 0 bridgehead atoms. The van der Waals surface area contributed by atoms with Gasteiger partial charge in [-0.1, -0.05) is 36.4 Å². The van der Waals surface area contributed by atoms with Crippen LogP contribution in [0.4, 0.5) is 10.5 Å². The molecule has 3 aromatic carbocycles. The van der Waals surface area contributed by atoms with E-state index in [4.69, 9.17) is 10.4 Å². The number of nitrogens with two attached hydrogens (primary N) is 1. The number of primary sulfonamides is 1. The number of hydrazine groups is 1. The van der Waals surface area contributed by atoms with Gasteiger partial charge >= 0.3 is 6.03 Å². The maximum Gasteiger partial charge on any atom is 0.334 e. The smallest absolute Gasteiger partial charge is 0.307 e. The van der Waals surface area contributed by atoms with Crippen molar-refractivity contribution in [2.75, 3.05) is 5.32 Å². The Labute approximate surface area is 191 Å². The molecule has 0 aliphatic rings. The third-order valence-electron chi connectivity index (χ3n) is 4.39. The lowest BCUT2D eigenvalue weighted by molar-refractivity contribution is 0.229. The van der Waals surface area contributed by atoms with Gasteiger partial charge in [0.2, 0.25) is 10.0 Å². The number of hydrogen-bond acceptors (Lipinski definition) is 6. The van der Waals surface area contributed by atoms with E-state index in [0.29, 0.717) is 16.8 Å². The van der Waals surface area contributed by atoms with Crippen molar-refractivity contribution in [1.82, 2.24) is 9.84 Å². The summed E-state index contributed by atoms with van der Waals surface area (Å²) in [5, 5.41) is 16.6. The minimum atomic E-state index is -4.17. The Kier molecular flexibility index (Phi) is 7.10. The number of nitrogens with zero attached hydrogens (tertiary/aromatic N) is 2. The molecule has 0 unspecified atom stereocenters. The first-order chi connectivity index (χ1) is 15.6. The van der Waals surface area contributed by atoms with Gasteiger partial charge in [0.25, 0.3) is 10.0 Å². The van der Waals surface area contributed by atoms with Crippen molar-refractivity contribution in [3.63, 3.8) is 0 Å². The Bertz CT molecular complexity index is 1400. The third kappa shape index (κ3) is 6.15. The van der Waals surface area contributed by atoms with Crippen molar-refractivity contribution in [1.29, 1.82) is 5.26 Å². The third-order valence-corrected chi connectivity index (χ3v) is 6.98. The van der Waals surface area contributed by atoms with E-state index in [1.165, 1.54) is 42.5 Å². The van der Waals surface area contributed by atoms with Gasteiger partial charge in [0.15, 0.2) is 0 Å². The lowest BCUT2D eigenvalue weighted by Gasteiger charge is -2.23. The van der Waals surface area contributed by atoms with Gasteiger partial charge in [-0.15, -0.1) is 4.41 Å². The van der Waals surface area contributed by atoms with Crippen LogP contribution in [0.3, 0.4) is 0 Å². The van der Waals surface area contributed by atoms with E-state index in [9.17, 15) is 21.6 Å². The average Bonchev–Trinajstić information content (AvgIpc) is 2.79. The fourth-order valence-electron chi connectivity index (χ4n) is 2.79. The van der Waals surface area contributed by atoms with Crippen LogP contribution in [-0.4, -0.2) is 27.3 Å². The van der Waals surface area contributed by atoms with E-state index in [2.05, 4.69) is 10.7 Å². The van der Waals surface area contributed by atoms with Crippen LogP contribution in [0.15, 0.2) is 88.7 Å². The standard InChI is InChI=1S/C21H19N5O5S2/c22-14-17-5-4-6-18(13-17)24-21(27)25-26(33(30,31)20-7-2-1-3-8-20)15-16-9-11-19(12-10-16)32(23,28)29/h1-13H,15H2,(H2,23,28,29)(H2,24,25,27). The molecule has 3 rings (SSSR count). The number of urea groups is 1. The Hall–Kier alpha value is -3.76. The summed E-state index contributed by atoms with van der Waals surface area (Å²) in [6, 6.07) is 19.9. The fourth-order valence-corrected chi connectivity index (χ4v) is 4.59. The van der Waals surface area contributed by atoms with E-state index >= 15 is 0 Å². The molecular formula is C21H19N5O5S2. The second kappa shape index (κ2) is 9.80. The summed E-state index contributed by atoms with van der Waals surface area (Å²) in [5.41, 5.74) is 3.31. The zero-order valence-corrected chi connectivity index (χ0v) is 18.7. The van der Waals surface area contributed by atoms with Gasteiger partial charge < -0.3 is 5.32 Å². The van der Waals surface area contributed by atoms with Crippen LogP contribution in [0.2, 0.25) is 0 Å². The van der Waals surface area contributed by atoms with Crippen molar-refractivity contribution < 1.29 is 21.6 Å². The molecule has 0 aliphatic carbocycles. The van der Waals surface area contributed by atoms with Crippen molar-refractivity contribution in [3.8, 4) is 6.07 Å². The molecule has 12 heteroatoms. The number of rotatable bonds is 7. The summed E-state index contributed by atoms with van der Waals surface area (Å²) in [7, 11) is -8.09. The molecule has 0 spiro atoms. The number of nitrogens with one attached hydrogen (secondary N) is 2. The highest BCUT2D eigenvalue weighted by Crippen LogP contribution is 2.18. The first-order valence-corrected chi connectivity index (χ1v) is 12.4. The van der Waals surface area contributed by atoms with Crippen molar-refractivity contribution in [2.24, 2.45) is 5.14 Å². The number of anilines is 1. The largest absolute Gasteiger partial charge is 0.334 e. The summed E-state index contributed by atoms with van der Waals surface area (Å²) in [6.45, 7) is -0.298. The lowest BCUT2D eigenvalue weighted by atomic mass is 10.2. The summed E-state index contributed by atoms with van der Waals surface area (Å²) < 4.78 is 50.0. The highest BCUT2D eigenvalue weighted by atomic mass is 32.2. The van der Waals surface area contributed by atoms with Crippen LogP contribution in [-0.2, 0) is 26.6 Å². The Balaban J connectivity index is 1.88. The summed E-state index contributed by atoms with van der Waals surface area (Å²) in [5.74, 6) is 0. The van der Waals surface area contributed by atoms with Crippen LogP contribution >= 0.6 is 0 Å². The average molecular weight is 486 g/mol. The molecule has 4 N–H and O–H groups in total. The van der Waals surface area contributed by atoms with Crippen LogP contribution in [0.25, 0.3) is 0 Å². The minimum absolute atomic E-state index is 0.0575. The summed E-state index contributed by atoms with van der Waals surface area (Å²) in [4.78, 5) is 12.4. The Morgan fingerprint density at radius 2 is 1.58 bits per heavy atom. The highest BCUT2D eigenvalue weighted by molar-refractivity contribution is 7.89. The maximum absolute atomic E-state index is 13.2. The monoisotopic (exact) mass is 485 g/mol. The highest BCUT2D eigenvalue weighted by Gasteiger charge is 2.26. The molecule has 2 amide bonds. The van der Waals surface area contributed by atoms with Crippen LogP contribution < -0.4 is 15.9 Å². The number of carbonyl (C=O) groups excluding carboxylic acids is 1. The van der Waals surface area contributed by atoms with Crippen molar-refractivity contribution >= 4 is 31.8 Å². The predicted octanol–water partition coefficient (Wildman–Crippen LogP) is 2.13. The topological polar surface area (TPSA) is 162 Å². The van der Waals surface area contributed by atoms with Crippen molar-refractivity contribution in [3.05, 3.63) is 90.0 Å². The minimum Gasteiger partial charge on any atom is -0.307 e. The first-order valence-electron chi connectivity index (χ1n) is 9.37. The number of sulfonamides is 2. The quantitative estimate of drug-likeness (QED) is 0.434. The van der Waals surface area contributed by atoms with Crippen LogP contribution in [0.5, 0.6) is 0 Å². The zero-order chi connectivity index (χ0) is 24.1. The van der Waals surface area contributed by atoms with Gasteiger partial charge in [0.1, 0.15) is 0 Å². The number of benzene rings is 3. The number of amides is 2. The molecule has 0 aromatic heterocycles. The molecule has 0 saturated heterocycles. The van der Waals surface area contributed by atoms with Crippen LogP contribution in [0, 0.1) is 11.3 Å². The van der Waals surface area contributed by atoms with Gasteiger partial charge in [0.05, 0.1) is 28.0 Å². The van der Waals surface area contributed by atoms with E-state index in [-0.39, 0.29) is 16.3 Å². The van der Waals surface area contributed by atoms with Gasteiger partial charge in [-0.2, -0.15) is 5.26 Å². The molecule has 0 saturated carbocycles. The molecule has 0 radical (unpaired) electrons. The molecule has 170 valence electrons.